The third-order valence-electron chi connectivity index (χ3n) is 3.11. The molecule has 0 heterocycles. The Morgan fingerprint density at radius 2 is 2.25 bits per heavy atom. The fraction of sp³-hybridized carbons (Fsp3) is 0.308. The molecule has 7 heteroatoms. The summed E-state index contributed by atoms with van der Waals surface area (Å²) in [5.41, 5.74) is -0.877. The number of carbonyl (C=O) groups is 1. The van der Waals surface area contributed by atoms with Gasteiger partial charge in [0.15, 0.2) is 0 Å². The maximum Gasteiger partial charge on any atom is 0.338 e. The van der Waals surface area contributed by atoms with Gasteiger partial charge in [-0.15, -0.1) is 6.58 Å². The summed E-state index contributed by atoms with van der Waals surface area (Å²) in [4.78, 5) is 23.0. The molecule has 0 aromatic heterocycles. The van der Waals surface area contributed by atoms with Crippen molar-refractivity contribution in [1.82, 2.24) is 0 Å². The molecule has 1 aromatic carbocycles. The molecule has 0 bridgehead atoms. The van der Waals surface area contributed by atoms with Gasteiger partial charge in [0.05, 0.1) is 16.6 Å². The van der Waals surface area contributed by atoms with Gasteiger partial charge in [-0.05, 0) is 18.9 Å². The van der Waals surface area contributed by atoms with Crippen LogP contribution in [0.5, 0.6) is 0 Å². The average molecular weight is 280 g/mol. The Morgan fingerprint density at radius 3 is 2.70 bits per heavy atom. The molecular formula is C13H13FN2O4. The number of hydrogen-bond acceptors (Lipinski definition) is 4. The molecule has 0 radical (unpaired) electrons. The number of hydrogen-bond donors (Lipinski definition) is 1. The summed E-state index contributed by atoms with van der Waals surface area (Å²) in [5, 5.41) is 20.0. The van der Waals surface area contributed by atoms with Crippen molar-refractivity contribution in [3.05, 3.63) is 46.3 Å². The van der Waals surface area contributed by atoms with Crippen LogP contribution in [0.1, 0.15) is 23.2 Å². The van der Waals surface area contributed by atoms with E-state index in [1.165, 1.54) is 0 Å². The van der Waals surface area contributed by atoms with Gasteiger partial charge in [-0.3, -0.25) is 10.1 Å². The molecule has 1 saturated carbocycles. The zero-order valence-corrected chi connectivity index (χ0v) is 10.6. The Morgan fingerprint density at radius 1 is 1.60 bits per heavy atom. The minimum Gasteiger partial charge on any atom is -0.478 e. The quantitative estimate of drug-likeness (QED) is 0.492. The van der Waals surface area contributed by atoms with Crippen LogP contribution in [0.15, 0.2) is 24.8 Å². The van der Waals surface area contributed by atoms with Gasteiger partial charge in [-0.25, -0.2) is 9.18 Å². The Kier molecular flexibility index (Phi) is 3.69. The number of nitro benzene ring substituents is 1. The summed E-state index contributed by atoms with van der Waals surface area (Å²) in [6.07, 6.45) is 3.31. The largest absolute Gasteiger partial charge is 0.478 e. The van der Waals surface area contributed by atoms with Crippen LogP contribution in [0.25, 0.3) is 0 Å². The standard InChI is InChI=1S/C13H13FN2O4/c1-2-5-15(8-3-4-8)11-6-9(13(17)18)10(14)7-12(11)16(19)20/h2,6-8H,1,3-5H2,(H,17,18). The first-order valence-electron chi connectivity index (χ1n) is 6.04. The maximum atomic E-state index is 13.6. The summed E-state index contributed by atoms with van der Waals surface area (Å²) in [6, 6.07) is 1.80. The van der Waals surface area contributed by atoms with Crippen molar-refractivity contribution in [1.29, 1.82) is 0 Å². The van der Waals surface area contributed by atoms with Gasteiger partial charge in [0.2, 0.25) is 0 Å². The first-order valence-corrected chi connectivity index (χ1v) is 6.04. The minimum absolute atomic E-state index is 0.110. The van der Waals surface area contributed by atoms with E-state index in [2.05, 4.69) is 6.58 Å². The molecule has 0 amide bonds. The van der Waals surface area contributed by atoms with Gasteiger partial charge in [-0.2, -0.15) is 0 Å². The third-order valence-corrected chi connectivity index (χ3v) is 3.11. The van der Waals surface area contributed by atoms with Crippen LogP contribution in [0, 0.1) is 15.9 Å². The molecule has 2 rings (SSSR count). The lowest BCUT2D eigenvalue weighted by molar-refractivity contribution is -0.384. The molecule has 1 aliphatic rings. The second-order valence-corrected chi connectivity index (χ2v) is 4.56. The highest BCUT2D eigenvalue weighted by molar-refractivity contribution is 5.90. The molecule has 20 heavy (non-hydrogen) atoms. The molecule has 106 valence electrons. The van der Waals surface area contributed by atoms with Crippen LogP contribution in [-0.4, -0.2) is 28.6 Å². The van der Waals surface area contributed by atoms with Gasteiger partial charge in [0, 0.05) is 12.6 Å². The van der Waals surface area contributed by atoms with Crippen molar-refractivity contribution in [2.45, 2.75) is 18.9 Å². The highest BCUT2D eigenvalue weighted by Crippen LogP contribution is 2.38. The predicted octanol–water partition coefficient (Wildman–Crippen LogP) is 2.59. The first-order chi connectivity index (χ1) is 9.45. The molecule has 0 saturated heterocycles. The maximum absolute atomic E-state index is 13.6. The summed E-state index contributed by atoms with van der Waals surface area (Å²) in [6.45, 7) is 3.93. The minimum atomic E-state index is -1.45. The number of anilines is 1. The zero-order valence-electron chi connectivity index (χ0n) is 10.6. The number of halogens is 1. The number of nitro groups is 1. The van der Waals surface area contributed by atoms with E-state index in [-0.39, 0.29) is 11.7 Å². The molecule has 0 aliphatic heterocycles. The molecule has 1 aliphatic carbocycles. The van der Waals surface area contributed by atoms with Crippen molar-refractivity contribution < 1.29 is 19.2 Å². The fourth-order valence-electron chi connectivity index (χ4n) is 2.06. The van der Waals surface area contributed by atoms with E-state index in [0.717, 1.165) is 18.9 Å². The molecule has 6 nitrogen and oxygen atoms in total. The van der Waals surface area contributed by atoms with E-state index < -0.39 is 28.0 Å². The Bertz CT molecular complexity index is 584. The number of carboxylic acid groups (broad SMARTS) is 1. The lowest BCUT2D eigenvalue weighted by Gasteiger charge is -2.23. The highest BCUT2D eigenvalue weighted by atomic mass is 19.1. The molecule has 0 unspecified atom stereocenters. The summed E-state index contributed by atoms with van der Waals surface area (Å²) >= 11 is 0. The number of aromatic carboxylic acids is 1. The SMILES string of the molecule is C=CCN(c1cc(C(=O)O)c(F)cc1[N+](=O)[O-])C1CC1. The number of rotatable bonds is 6. The van der Waals surface area contributed by atoms with Crippen LogP contribution in [-0.2, 0) is 0 Å². The zero-order chi connectivity index (χ0) is 14.9. The van der Waals surface area contributed by atoms with Crippen molar-refractivity contribution in [2.24, 2.45) is 0 Å². The van der Waals surface area contributed by atoms with Crippen molar-refractivity contribution >= 4 is 17.3 Å². The second kappa shape index (κ2) is 5.28. The van der Waals surface area contributed by atoms with Crippen LogP contribution < -0.4 is 4.90 Å². The van der Waals surface area contributed by atoms with E-state index in [0.29, 0.717) is 12.6 Å². The van der Waals surface area contributed by atoms with Crippen LogP contribution in [0.3, 0.4) is 0 Å². The third kappa shape index (κ3) is 2.61. The first kappa shape index (κ1) is 14.0. The average Bonchev–Trinajstić information content (AvgIpc) is 3.19. The molecule has 1 N–H and O–H groups in total. The summed E-state index contributed by atoms with van der Waals surface area (Å²) in [7, 11) is 0. The predicted molar refractivity (Wildman–Crippen MR) is 70.6 cm³/mol. The van der Waals surface area contributed by atoms with Gasteiger partial charge >= 0.3 is 5.97 Å². The smallest absolute Gasteiger partial charge is 0.338 e. The van der Waals surface area contributed by atoms with Crippen LogP contribution in [0.4, 0.5) is 15.8 Å². The highest BCUT2D eigenvalue weighted by Gasteiger charge is 2.33. The lowest BCUT2D eigenvalue weighted by atomic mass is 10.1. The van der Waals surface area contributed by atoms with E-state index in [1.807, 2.05) is 0 Å². The van der Waals surface area contributed by atoms with Crippen molar-refractivity contribution in [3.63, 3.8) is 0 Å². The van der Waals surface area contributed by atoms with Gasteiger partial charge < -0.3 is 10.0 Å². The summed E-state index contributed by atoms with van der Waals surface area (Å²) < 4.78 is 13.6. The lowest BCUT2D eigenvalue weighted by Crippen LogP contribution is -2.27. The Balaban J connectivity index is 2.57. The number of benzene rings is 1. The second-order valence-electron chi connectivity index (χ2n) is 4.56. The monoisotopic (exact) mass is 280 g/mol. The van der Waals surface area contributed by atoms with Gasteiger partial charge in [0.25, 0.3) is 5.69 Å². The van der Waals surface area contributed by atoms with Gasteiger partial charge in [0.1, 0.15) is 11.5 Å². The van der Waals surface area contributed by atoms with E-state index in [1.54, 1.807) is 11.0 Å². The van der Waals surface area contributed by atoms with E-state index in [4.69, 9.17) is 5.11 Å². The Hall–Kier alpha value is -2.44. The van der Waals surface area contributed by atoms with Crippen molar-refractivity contribution in [3.8, 4) is 0 Å². The van der Waals surface area contributed by atoms with Crippen LogP contribution in [0.2, 0.25) is 0 Å². The van der Waals surface area contributed by atoms with Gasteiger partial charge in [-0.1, -0.05) is 6.08 Å². The fourth-order valence-corrected chi connectivity index (χ4v) is 2.06. The topological polar surface area (TPSA) is 83.7 Å². The molecule has 0 atom stereocenters. The normalized spacial score (nSPS) is 13.8. The van der Waals surface area contributed by atoms with E-state index in [9.17, 15) is 19.3 Å². The molecule has 1 aromatic rings. The molecule has 0 spiro atoms. The molecule has 1 fully saturated rings. The van der Waals surface area contributed by atoms with Crippen molar-refractivity contribution in [2.75, 3.05) is 11.4 Å². The number of nitrogens with zero attached hydrogens (tertiary/aromatic N) is 2. The number of carboxylic acids is 1. The van der Waals surface area contributed by atoms with E-state index >= 15 is 0 Å². The Labute approximate surface area is 114 Å². The molecular weight excluding hydrogens is 267 g/mol. The summed E-state index contributed by atoms with van der Waals surface area (Å²) in [5.74, 6) is -2.56. The van der Waals surface area contributed by atoms with Crippen LogP contribution >= 0.6 is 0 Å².